The number of benzene rings is 2. The van der Waals surface area contributed by atoms with Crippen molar-refractivity contribution in [1.29, 1.82) is 0 Å². The molecule has 174 valence electrons. The molecule has 0 spiro atoms. The number of hydrogen-bond acceptors (Lipinski definition) is 5. The molecule has 2 saturated heterocycles. The minimum Gasteiger partial charge on any atom is -0.379 e. The number of carbonyl (C=O) groups is 2. The van der Waals surface area contributed by atoms with E-state index in [0.29, 0.717) is 30.6 Å². The van der Waals surface area contributed by atoms with Crippen LogP contribution in [0.5, 0.6) is 0 Å². The van der Waals surface area contributed by atoms with E-state index >= 15 is 0 Å². The Hall–Kier alpha value is -2.81. The Kier molecular flexibility index (Phi) is 7.37. The predicted molar refractivity (Wildman–Crippen MR) is 133 cm³/mol. The summed E-state index contributed by atoms with van der Waals surface area (Å²) in [6, 6.07) is 14.8. The van der Waals surface area contributed by atoms with Crippen LogP contribution in [0.3, 0.4) is 0 Å². The fourth-order valence-corrected chi connectivity index (χ4v) is 4.63. The summed E-state index contributed by atoms with van der Waals surface area (Å²) in [6.45, 7) is 8.30. The van der Waals surface area contributed by atoms with Crippen LogP contribution in [0.15, 0.2) is 48.5 Å². The second-order valence-electron chi connectivity index (χ2n) is 8.52. The number of rotatable bonds is 7. The number of ether oxygens (including phenoxy) is 1. The van der Waals surface area contributed by atoms with E-state index in [-0.39, 0.29) is 18.2 Å². The molecule has 2 fully saturated rings. The maximum absolute atomic E-state index is 13.5. The number of para-hydroxylation sites is 1. The van der Waals surface area contributed by atoms with Crippen molar-refractivity contribution in [1.82, 2.24) is 9.80 Å². The highest BCUT2D eigenvalue weighted by molar-refractivity contribution is 7.80. The van der Waals surface area contributed by atoms with Crippen LogP contribution in [-0.4, -0.2) is 72.2 Å². The van der Waals surface area contributed by atoms with Crippen molar-refractivity contribution in [2.75, 3.05) is 49.6 Å². The molecule has 2 aliphatic heterocycles. The Morgan fingerprint density at radius 2 is 1.76 bits per heavy atom. The van der Waals surface area contributed by atoms with Gasteiger partial charge in [-0.15, -0.1) is 0 Å². The monoisotopic (exact) mass is 466 g/mol. The van der Waals surface area contributed by atoms with E-state index in [1.165, 1.54) is 0 Å². The summed E-state index contributed by atoms with van der Waals surface area (Å²) in [5, 5.41) is 3.37. The molecule has 0 aliphatic carbocycles. The molecule has 33 heavy (non-hydrogen) atoms. The van der Waals surface area contributed by atoms with Gasteiger partial charge in [-0.3, -0.25) is 19.4 Å². The van der Waals surface area contributed by atoms with E-state index in [1.807, 2.05) is 67.3 Å². The molecule has 0 aromatic heterocycles. The van der Waals surface area contributed by atoms with Gasteiger partial charge in [-0.25, -0.2) is 0 Å². The van der Waals surface area contributed by atoms with E-state index in [4.69, 9.17) is 17.0 Å². The van der Waals surface area contributed by atoms with Gasteiger partial charge in [-0.05, 0) is 49.8 Å². The summed E-state index contributed by atoms with van der Waals surface area (Å²) in [6.07, 6.45) is 0.0231. The Morgan fingerprint density at radius 3 is 2.45 bits per heavy atom. The van der Waals surface area contributed by atoms with Gasteiger partial charge in [0.05, 0.1) is 19.6 Å². The van der Waals surface area contributed by atoms with Crippen molar-refractivity contribution in [3.05, 3.63) is 59.7 Å². The van der Waals surface area contributed by atoms with Crippen molar-refractivity contribution in [3.63, 3.8) is 0 Å². The lowest BCUT2D eigenvalue weighted by atomic mass is 10.1. The lowest BCUT2D eigenvalue weighted by Crippen LogP contribution is -2.43. The first-order valence-corrected chi connectivity index (χ1v) is 11.7. The summed E-state index contributed by atoms with van der Waals surface area (Å²) in [4.78, 5) is 32.2. The highest BCUT2D eigenvalue weighted by atomic mass is 32.1. The Labute approximate surface area is 200 Å². The number of amides is 2. The Balaban J connectivity index is 1.52. The fraction of sp³-hybridized carbons (Fsp3) is 0.400. The average Bonchev–Trinajstić information content (AvgIpc) is 3.04. The summed E-state index contributed by atoms with van der Waals surface area (Å²) >= 11 is 5.78. The molecule has 1 N–H and O–H groups in total. The molecule has 0 saturated carbocycles. The molecule has 4 rings (SSSR count). The van der Waals surface area contributed by atoms with Crippen molar-refractivity contribution in [2.45, 2.75) is 26.3 Å². The molecule has 2 amide bonds. The van der Waals surface area contributed by atoms with Crippen molar-refractivity contribution < 1.29 is 14.3 Å². The lowest BCUT2D eigenvalue weighted by Gasteiger charge is -2.29. The number of morpholine rings is 1. The molecule has 8 heteroatoms. The number of aryl methyl sites for hydroxylation is 2. The van der Waals surface area contributed by atoms with Crippen molar-refractivity contribution in [2.24, 2.45) is 0 Å². The quantitative estimate of drug-likeness (QED) is 0.633. The molecule has 2 aromatic rings. The van der Waals surface area contributed by atoms with Gasteiger partial charge in [-0.2, -0.15) is 0 Å². The summed E-state index contributed by atoms with van der Waals surface area (Å²) in [5.41, 5.74) is 3.70. The van der Waals surface area contributed by atoms with Gasteiger partial charge in [0.1, 0.15) is 6.04 Å². The zero-order valence-corrected chi connectivity index (χ0v) is 19.9. The summed E-state index contributed by atoms with van der Waals surface area (Å²) in [5.74, 6) is -0.343. The predicted octanol–water partition coefficient (Wildman–Crippen LogP) is 2.97. The largest absolute Gasteiger partial charge is 0.379 e. The third-order valence-corrected chi connectivity index (χ3v) is 6.55. The van der Waals surface area contributed by atoms with Crippen molar-refractivity contribution >= 4 is 40.5 Å². The third-order valence-electron chi connectivity index (χ3n) is 6.13. The topological polar surface area (TPSA) is 65.1 Å². The Morgan fingerprint density at radius 1 is 1.06 bits per heavy atom. The summed E-state index contributed by atoms with van der Waals surface area (Å²) in [7, 11) is 0. The highest BCUT2D eigenvalue weighted by Crippen LogP contribution is 2.30. The van der Waals surface area contributed by atoms with Crippen LogP contribution in [0.1, 0.15) is 17.5 Å². The molecule has 2 heterocycles. The summed E-state index contributed by atoms with van der Waals surface area (Å²) < 4.78 is 5.42. The number of thiocarbonyl (C=S) groups is 1. The minimum absolute atomic E-state index is 0.0231. The van der Waals surface area contributed by atoms with E-state index in [0.717, 1.165) is 36.4 Å². The van der Waals surface area contributed by atoms with E-state index in [1.54, 1.807) is 4.90 Å². The van der Waals surface area contributed by atoms with Gasteiger partial charge in [0, 0.05) is 37.6 Å². The van der Waals surface area contributed by atoms with Crippen LogP contribution in [0.25, 0.3) is 0 Å². The second kappa shape index (κ2) is 10.4. The number of carbonyl (C=O) groups excluding carboxylic acids is 2. The maximum Gasteiger partial charge on any atom is 0.252 e. The van der Waals surface area contributed by atoms with Crippen LogP contribution in [0.2, 0.25) is 0 Å². The molecule has 0 radical (unpaired) electrons. The van der Waals surface area contributed by atoms with Gasteiger partial charge >= 0.3 is 0 Å². The molecule has 1 atom stereocenters. The van der Waals surface area contributed by atoms with E-state index < -0.39 is 6.04 Å². The standard InChI is InChI=1S/C25H30N4O3S/c1-18-7-9-20(10-8-18)26-23(30)17-22-24(31)28(12-11-27-13-15-32-16-14-27)25(33)29(22)21-6-4-3-5-19(21)2/h3-10,22H,11-17H2,1-2H3,(H,26,30). The second-order valence-corrected chi connectivity index (χ2v) is 8.88. The van der Waals surface area contributed by atoms with Gasteiger partial charge in [0.25, 0.3) is 5.91 Å². The van der Waals surface area contributed by atoms with E-state index in [9.17, 15) is 9.59 Å². The first kappa shape index (κ1) is 23.4. The van der Waals surface area contributed by atoms with Gasteiger partial charge < -0.3 is 15.0 Å². The van der Waals surface area contributed by atoms with Gasteiger partial charge in [0.2, 0.25) is 5.91 Å². The molecule has 2 aliphatic rings. The molecular weight excluding hydrogens is 436 g/mol. The van der Waals surface area contributed by atoms with Gasteiger partial charge in [-0.1, -0.05) is 35.9 Å². The molecular formula is C25H30N4O3S. The number of hydrogen-bond donors (Lipinski definition) is 1. The molecule has 2 aromatic carbocycles. The van der Waals surface area contributed by atoms with Crippen LogP contribution in [0.4, 0.5) is 11.4 Å². The highest BCUT2D eigenvalue weighted by Gasteiger charge is 2.44. The number of nitrogens with one attached hydrogen (secondary N) is 1. The fourth-order valence-electron chi connectivity index (χ4n) is 4.23. The number of anilines is 2. The smallest absolute Gasteiger partial charge is 0.252 e. The van der Waals surface area contributed by atoms with Gasteiger partial charge in [0.15, 0.2) is 5.11 Å². The zero-order valence-electron chi connectivity index (χ0n) is 19.1. The van der Waals surface area contributed by atoms with Crippen molar-refractivity contribution in [3.8, 4) is 0 Å². The maximum atomic E-state index is 13.5. The molecule has 1 unspecified atom stereocenters. The van der Waals surface area contributed by atoms with Crippen LogP contribution < -0.4 is 10.2 Å². The first-order chi connectivity index (χ1) is 15.9. The van der Waals surface area contributed by atoms with Crippen LogP contribution in [0, 0.1) is 13.8 Å². The first-order valence-electron chi connectivity index (χ1n) is 11.3. The van der Waals surface area contributed by atoms with E-state index in [2.05, 4.69) is 10.2 Å². The van der Waals surface area contributed by atoms with Crippen LogP contribution in [-0.2, 0) is 14.3 Å². The van der Waals surface area contributed by atoms with Crippen LogP contribution >= 0.6 is 12.2 Å². The Bertz CT molecular complexity index is 1020. The zero-order chi connectivity index (χ0) is 23.4. The molecule has 7 nitrogen and oxygen atoms in total. The minimum atomic E-state index is -0.672. The SMILES string of the molecule is Cc1ccc(NC(=O)CC2C(=O)N(CCN3CCOCC3)C(=S)N2c2ccccc2C)cc1. The number of nitrogens with zero attached hydrogens (tertiary/aromatic N) is 3. The average molecular weight is 467 g/mol. The third kappa shape index (κ3) is 5.40. The molecule has 0 bridgehead atoms. The lowest BCUT2D eigenvalue weighted by molar-refractivity contribution is -0.129. The normalized spacial score (nSPS) is 19.3.